The Bertz CT molecular complexity index is 816. The normalized spacial score (nSPS) is 10.7. The number of nitro benzene ring substituents is 1. The van der Waals surface area contributed by atoms with Gasteiger partial charge in [0, 0.05) is 11.8 Å². The van der Waals surface area contributed by atoms with Crippen LogP contribution in [0.25, 0.3) is 11.7 Å². The Balaban J connectivity index is 1.71. The number of nitrogens with zero attached hydrogens (tertiary/aromatic N) is 3. The lowest BCUT2D eigenvalue weighted by molar-refractivity contribution is -0.385. The zero-order chi connectivity index (χ0) is 16.2. The highest BCUT2D eigenvalue weighted by Crippen LogP contribution is 2.31. The zero-order valence-corrected chi connectivity index (χ0v) is 12.8. The molecule has 0 amide bonds. The summed E-state index contributed by atoms with van der Waals surface area (Å²) in [5.74, 6) is 1.45. The molecule has 0 aliphatic heterocycles. The molecule has 0 saturated heterocycles. The van der Waals surface area contributed by atoms with Gasteiger partial charge in [0.15, 0.2) is 11.5 Å². The number of hydrogen-bond donors (Lipinski definition) is 0. The molecule has 0 spiro atoms. The molecule has 0 unspecified atom stereocenters. The van der Waals surface area contributed by atoms with Gasteiger partial charge >= 0.3 is 5.69 Å². The van der Waals surface area contributed by atoms with Crippen LogP contribution in [0.2, 0.25) is 0 Å². The summed E-state index contributed by atoms with van der Waals surface area (Å²) in [4.78, 5) is 10.5. The standard InChI is InChI=1S/C14H11N3O5S/c1-20-11-5-4-9(7-10(11)17(18)19)8-23-14-16-15-13(22-14)12-3-2-6-21-12/h2-7H,8H2,1H3. The SMILES string of the molecule is COc1ccc(CSc2nnc(-c3ccco3)o2)cc1[N+](=O)[O-]. The van der Waals surface area contributed by atoms with E-state index in [4.69, 9.17) is 13.6 Å². The van der Waals surface area contributed by atoms with E-state index < -0.39 is 4.92 Å². The van der Waals surface area contributed by atoms with E-state index in [9.17, 15) is 10.1 Å². The first-order chi connectivity index (χ1) is 11.2. The average Bonchev–Trinajstić information content (AvgIpc) is 3.23. The van der Waals surface area contributed by atoms with E-state index in [1.54, 1.807) is 24.3 Å². The van der Waals surface area contributed by atoms with Gasteiger partial charge in [0.1, 0.15) is 0 Å². The smallest absolute Gasteiger partial charge is 0.311 e. The second kappa shape index (κ2) is 6.53. The van der Waals surface area contributed by atoms with Crippen LogP contribution in [0, 0.1) is 10.1 Å². The molecule has 1 aromatic carbocycles. The van der Waals surface area contributed by atoms with Crippen LogP contribution in [-0.2, 0) is 5.75 Å². The second-order valence-corrected chi connectivity index (χ2v) is 5.33. The minimum absolute atomic E-state index is 0.0765. The fraction of sp³-hybridized carbons (Fsp3) is 0.143. The van der Waals surface area contributed by atoms with Crippen molar-refractivity contribution in [3.05, 3.63) is 52.3 Å². The summed E-state index contributed by atoms with van der Waals surface area (Å²) in [6, 6.07) is 8.23. The fourth-order valence-corrected chi connectivity index (χ4v) is 2.59. The van der Waals surface area contributed by atoms with Crippen LogP contribution in [-0.4, -0.2) is 22.2 Å². The molecule has 0 bridgehead atoms. The molecule has 0 fully saturated rings. The van der Waals surface area contributed by atoms with Crippen LogP contribution in [0.15, 0.2) is 50.7 Å². The lowest BCUT2D eigenvalue weighted by atomic mass is 10.2. The minimum Gasteiger partial charge on any atom is -0.490 e. The highest BCUT2D eigenvalue weighted by atomic mass is 32.2. The number of ether oxygens (including phenoxy) is 1. The predicted octanol–water partition coefficient (Wildman–Crippen LogP) is 3.54. The summed E-state index contributed by atoms with van der Waals surface area (Å²) in [7, 11) is 1.39. The molecule has 0 N–H and O–H groups in total. The third-order valence-corrected chi connectivity index (χ3v) is 3.83. The van der Waals surface area contributed by atoms with Crippen molar-refractivity contribution in [2.75, 3.05) is 7.11 Å². The van der Waals surface area contributed by atoms with Crippen molar-refractivity contribution in [3.8, 4) is 17.4 Å². The zero-order valence-electron chi connectivity index (χ0n) is 12.0. The third kappa shape index (κ3) is 3.34. The number of hydrogen-bond acceptors (Lipinski definition) is 8. The topological polar surface area (TPSA) is 104 Å². The molecule has 2 heterocycles. The molecule has 0 atom stereocenters. The van der Waals surface area contributed by atoms with Gasteiger partial charge in [-0.15, -0.1) is 10.2 Å². The van der Waals surface area contributed by atoms with Crippen molar-refractivity contribution in [2.45, 2.75) is 11.0 Å². The maximum atomic E-state index is 11.0. The Labute approximate surface area is 134 Å². The Morgan fingerprint density at radius 1 is 1.35 bits per heavy atom. The monoisotopic (exact) mass is 333 g/mol. The van der Waals surface area contributed by atoms with Crippen molar-refractivity contribution in [1.29, 1.82) is 0 Å². The van der Waals surface area contributed by atoms with Gasteiger partial charge in [-0.3, -0.25) is 10.1 Å². The lowest BCUT2D eigenvalue weighted by Gasteiger charge is -2.03. The average molecular weight is 333 g/mol. The van der Waals surface area contributed by atoms with Gasteiger partial charge in [0.2, 0.25) is 0 Å². The molecule has 8 nitrogen and oxygen atoms in total. The van der Waals surface area contributed by atoms with Crippen LogP contribution in [0.1, 0.15) is 5.56 Å². The number of rotatable bonds is 6. The van der Waals surface area contributed by atoms with E-state index in [1.807, 2.05) is 0 Å². The number of aromatic nitrogens is 2. The molecule has 0 radical (unpaired) electrons. The first-order valence-electron chi connectivity index (χ1n) is 6.49. The maximum Gasteiger partial charge on any atom is 0.311 e. The quantitative estimate of drug-likeness (QED) is 0.383. The van der Waals surface area contributed by atoms with Gasteiger partial charge in [0.25, 0.3) is 11.1 Å². The van der Waals surface area contributed by atoms with E-state index in [1.165, 1.54) is 31.2 Å². The highest BCUT2D eigenvalue weighted by Gasteiger charge is 2.16. The lowest BCUT2D eigenvalue weighted by Crippen LogP contribution is -1.95. The largest absolute Gasteiger partial charge is 0.490 e. The summed E-state index contributed by atoms with van der Waals surface area (Å²) in [5, 5.41) is 19.2. The number of nitro groups is 1. The first kappa shape index (κ1) is 15.1. The van der Waals surface area contributed by atoms with Crippen LogP contribution in [0.3, 0.4) is 0 Å². The predicted molar refractivity (Wildman–Crippen MR) is 81.2 cm³/mol. The van der Waals surface area contributed by atoms with Gasteiger partial charge < -0.3 is 13.6 Å². The fourth-order valence-electron chi connectivity index (χ4n) is 1.88. The van der Waals surface area contributed by atoms with Crippen LogP contribution in [0.5, 0.6) is 5.75 Å². The third-order valence-electron chi connectivity index (χ3n) is 2.94. The molecule has 0 saturated carbocycles. The van der Waals surface area contributed by atoms with Crippen molar-refractivity contribution in [2.24, 2.45) is 0 Å². The molecule has 2 aromatic heterocycles. The minimum atomic E-state index is -0.477. The Hall–Kier alpha value is -2.81. The van der Waals surface area contributed by atoms with Crippen molar-refractivity contribution in [3.63, 3.8) is 0 Å². The van der Waals surface area contributed by atoms with E-state index >= 15 is 0 Å². The molecule has 9 heteroatoms. The molecule has 3 rings (SSSR count). The Kier molecular flexibility index (Phi) is 4.29. The molecule has 118 valence electrons. The van der Waals surface area contributed by atoms with Crippen LogP contribution >= 0.6 is 11.8 Å². The van der Waals surface area contributed by atoms with Gasteiger partial charge in [-0.2, -0.15) is 0 Å². The van der Waals surface area contributed by atoms with E-state index in [0.717, 1.165) is 5.56 Å². The summed E-state index contributed by atoms with van der Waals surface area (Å²) in [6.45, 7) is 0. The Morgan fingerprint density at radius 3 is 2.91 bits per heavy atom. The van der Waals surface area contributed by atoms with Crippen LogP contribution in [0.4, 0.5) is 5.69 Å². The highest BCUT2D eigenvalue weighted by molar-refractivity contribution is 7.98. The summed E-state index contributed by atoms with van der Waals surface area (Å²) in [6.07, 6.45) is 1.52. The first-order valence-corrected chi connectivity index (χ1v) is 7.47. The number of thioether (sulfide) groups is 1. The Morgan fingerprint density at radius 2 is 2.22 bits per heavy atom. The van der Waals surface area contributed by atoms with Gasteiger partial charge in [-0.1, -0.05) is 17.8 Å². The van der Waals surface area contributed by atoms with E-state index in [-0.39, 0.29) is 11.4 Å². The summed E-state index contributed by atoms with van der Waals surface area (Å²) in [5.41, 5.74) is 0.674. The number of furan rings is 1. The summed E-state index contributed by atoms with van der Waals surface area (Å²) < 4.78 is 15.6. The molecule has 0 aliphatic carbocycles. The second-order valence-electron chi connectivity index (χ2n) is 4.40. The van der Waals surface area contributed by atoms with Crippen molar-refractivity contribution >= 4 is 17.4 Å². The number of benzene rings is 1. The van der Waals surface area contributed by atoms with Crippen molar-refractivity contribution in [1.82, 2.24) is 10.2 Å². The van der Waals surface area contributed by atoms with Gasteiger partial charge in [-0.25, -0.2) is 0 Å². The maximum absolute atomic E-state index is 11.0. The van der Waals surface area contributed by atoms with E-state index in [2.05, 4.69) is 10.2 Å². The molecular formula is C14H11N3O5S. The molecule has 0 aliphatic rings. The number of methoxy groups -OCH3 is 1. The summed E-state index contributed by atoms with van der Waals surface area (Å²) >= 11 is 1.28. The van der Waals surface area contributed by atoms with Crippen molar-refractivity contribution < 1.29 is 18.5 Å². The van der Waals surface area contributed by atoms with Gasteiger partial charge in [0.05, 0.1) is 18.3 Å². The van der Waals surface area contributed by atoms with Crippen LogP contribution < -0.4 is 4.74 Å². The molecule has 23 heavy (non-hydrogen) atoms. The molecular weight excluding hydrogens is 322 g/mol. The van der Waals surface area contributed by atoms with Gasteiger partial charge in [-0.05, 0) is 23.8 Å². The van der Waals surface area contributed by atoms with E-state index in [0.29, 0.717) is 22.6 Å². The molecule has 3 aromatic rings.